The van der Waals surface area contributed by atoms with Crippen molar-refractivity contribution in [1.82, 2.24) is 15.0 Å². The Morgan fingerprint density at radius 2 is 1.68 bits per heavy atom. The topological polar surface area (TPSA) is 57.1 Å². The van der Waals surface area contributed by atoms with Crippen molar-refractivity contribution in [2.45, 2.75) is 0 Å². The molecule has 2 aromatic heterocycles. The van der Waals surface area contributed by atoms with Crippen LogP contribution in [0.3, 0.4) is 0 Å². The molecular formula is C16H12ClN3O2. The van der Waals surface area contributed by atoms with Crippen LogP contribution in [0.15, 0.2) is 55.0 Å². The van der Waals surface area contributed by atoms with Crippen LogP contribution in [-0.2, 0) is 0 Å². The first kappa shape index (κ1) is 14.3. The van der Waals surface area contributed by atoms with E-state index in [2.05, 4.69) is 15.0 Å². The van der Waals surface area contributed by atoms with Crippen molar-refractivity contribution >= 4 is 11.6 Å². The molecule has 6 heteroatoms. The van der Waals surface area contributed by atoms with Crippen LogP contribution in [-0.4, -0.2) is 22.1 Å². The van der Waals surface area contributed by atoms with Gasteiger partial charge in [0.1, 0.15) is 0 Å². The first-order valence-electron chi connectivity index (χ1n) is 6.52. The summed E-state index contributed by atoms with van der Waals surface area (Å²) in [6.45, 7) is 0. The summed E-state index contributed by atoms with van der Waals surface area (Å²) in [6, 6.07) is 10.9. The predicted molar refractivity (Wildman–Crippen MR) is 83.3 cm³/mol. The summed E-state index contributed by atoms with van der Waals surface area (Å²) in [5, 5.41) is 0.229. The molecule has 0 saturated heterocycles. The highest BCUT2D eigenvalue weighted by atomic mass is 35.5. The van der Waals surface area contributed by atoms with Gasteiger partial charge in [-0.05, 0) is 24.3 Å². The molecule has 0 unspecified atom stereocenters. The normalized spacial score (nSPS) is 10.3. The molecule has 3 rings (SSSR count). The molecule has 1 aromatic carbocycles. The zero-order valence-electron chi connectivity index (χ0n) is 11.7. The lowest BCUT2D eigenvalue weighted by molar-refractivity contribution is 0.378. The molecule has 110 valence electrons. The molecular weight excluding hydrogens is 302 g/mol. The second-order valence-corrected chi connectivity index (χ2v) is 4.70. The van der Waals surface area contributed by atoms with E-state index in [-0.39, 0.29) is 5.15 Å². The molecule has 22 heavy (non-hydrogen) atoms. The third kappa shape index (κ3) is 2.99. The van der Waals surface area contributed by atoms with Gasteiger partial charge in [0.05, 0.1) is 13.3 Å². The van der Waals surface area contributed by atoms with Crippen LogP contribution in [0.5, 0.6) is 17.2 Å². The molecule has 0 amide bonds. The van der Waals surface area contributed by atoms with Gasteiger partial charge in [-0.25, -0.2) is 9.97 Å². The van der Waals surface area contributed by atoms with Gasteiger partial charge in [0.25, 0.3) is 0 Å². The molecule has 0 N–H and O–H groups in total. The summed E-state index contributed by atoms with van der Waals surface area (Å²) in [5.74, 6) is 2.03. The van der Waals surface area contributed by atoms with Gasteiger partial charge in [-0.3, -0.25) is 4.98 Å². The summed E-state index contributed by atoms with van der Waals surface area (Å²) in [7, 11) is 1.58. The average molecular weight is 314 g/mol. The summed E-state index contributed by atoms with van der Waals surface area (Å²) in [6.07, 6.45) is 4.88. The quantitative estimate of drug-likeness (QED) is 0.682. The van der Waals surface area contributed by atoms with E-state index in [4.69, 9.17) is 21.1 Å². The summed E-state index contributed by atoms with van der Waals surface area (Å²) in [4.78, 5) is 12.5. The number of ether oxygens (including phenoxy) is 2. The zero-order valence-corrected chi connectivity index (χ0v) is 12.5. The molecule has 0 bridgehead atoms. The Kier molecular flexibility index (Phi) is 4.16. The van der Waals surface area contributed by atoms with Crippen LogP contribution in [0.2, 0.25) is 5.15 Å². The molecule has 0 radical (unpaired) electrons. The number of pyridine rings is 1. The van der Waals surface area contributed by atoms with Crippen molar-refractivity contribution < 1.29 is 9.47 Å². The van der Waals surface area contributed by atoms with Crippen LogP contribution in [0.4, 0.5) is 0 Å². The van der Waals surface area contributed by atoms with Crippen molar-refractivity contribution in [3.63, 3.8) is 0 Å². The number of hydrogen-bond donors (Lipinski definition) is 0. The van der Waals surface area contributed by atoms with E-state index < -0.39 is 0 Å². The third-order valence-corrected chi connectivity index (χ3v) is 3.21. The molecule has 0 aliphatic carbocycles. The van der Waals surface area contributed by atoms with E-state index in [9.17, 15) is 0 Å². The Labute approximate surface area is 132 Å². The number of methoxy groups -OCH3 is 1. The highest BCUT2D eigenvalue weighted by Crippen LogP contribution is 2.34. The van der Waals surface area contributed by atoms with Gasteiger partial charge in [-0.15, -0.1) is 0 Å². The lowest BCUT2D eigenvalue weighted by atomic mass is 10.2. The second kappa shape index (κ2) is 6.41. The molecule has 0 atom stereocenters. The number of para-hydroxylation sites is 2. The van der Waals surface area contributed by atoms with Crippen molar-refractivity contribution in [1.29, 1.82) is 0 Å². The Morgan fingerprint density at radius 1 is 0.955 bits per heavy atom. The van der Waals surface area contributed by atoms with Crippen LogP contribution in [0.25, 0.3) is 11.4 Å². The van der Waals surface area contributed by atoms with E-state index in [0.717, 1.165) is 5.56 Å². The Morgan fingerprint density at radius 3 is 2.36 bits per heavy atom. The lowest BCUT2D eigenvalue weighted by Crippen LogP contribution is -1.95. The zero-order chi connectivity index (χ0) is 15.4. The maximum Gasteiger partial charge on any atom is 0.183 e. The largest absolute Gasteiger partial charge is 0.493 e. The van der Waals surface area contributed by atoms with Crippen LogP contribution in [0.1, 0.15) is 0 Å². The summed E-state index contributed by atoms with van der Waals surface area (Å²) >= 11 is 6.19. The molecule has 0 saturated carbocycles. The van der Waals surface area contributed by atoms with E-state index in [1.54, 1.807) is 31.6 Å². The minimum atomic E-state index is 0.229. The van der Waals surface area contributed by atoms with Gasteiger partial charge in [-0.1, -0.05) is 23.7 Å². The highest BCUT2D eigenvalue weighted by molar-refractivity contribution is 6.30. The lowest BCUT2D eigenvalue weighted by Gasteiger charge is -2.10. The van der Waals surface area contributed by atoms with Gasteiger partial charge in [0, 0.05) is 18.0 Å². The van der Waals surface area contributed by atoms with E-state index in [0.29, 0.717) is 23.1 Å². The minimum absolute atomic E-state index is 0.229. The predicted octanol–water partition coefficient (Wildman–Crippen LogP) is 3.99. The maximum absolute atomic E-state index is 6.19. The molecule has 5 nitrogen and oxygen atoms in total. The molecule has 2 heterocycles. The number of hydrogen-bond acceptors (Lipinski definition) is 5. The van der Waals surface area contributed by atoms with E-state index >= 15 is 0 Å². The second-order valence-electron chi connectivity index (χ2n) is 4.34. The van der Waals surface area contributed by atoms with E-state index in [1.165, 1.54) is 6.20 Å². The fraction of sp³-hybridized carbons (Fsp3) is 0.0625. The van der Waals surface area contributed by atoms with Gasteiger partial charge in [-0.2, -0.15) is 0 Å². The van der Waals surface area contributed by atoms with Crippen molar-refractivity contribution in [2.24, 2.45) is 0 Å². The highest BCUT2D eigenvalue weighted by Gasteiger charge is 2.11. The molecule has 0 aliphatic heterocycles. The van der Waals surface area contributed by atoms with Crippen LogP contribution in [0, 0.1) is 0 Å². The number of benzene rings is 1. The molecule has 3 aromatic rings. The van der Waals surface area contributed by atoms with Crippen molar-refractivity contribution in [2.75, 3.05) is 7.11 Å². The first-order chi connectivity index (χ1) is 10.8. The fourth-order valence-corrected chi connectivity index (χ4v) is 2.05. The van der Waals surface area contributed by atoms with Crippen molar-refractivity contribution in [3.8, 4) is 28.6 Å². The smallest absolute Gasteiger partial charge is 0.183 e. The standard InChI is InChI=1S/C16H12ClN3O2/c1-21-12-4-2-3-5-13(12)22-14-10-19-16(20-15(14)17)11-6-8-18-9-7-11/h2-10H,1H3. The van der Waals surface area contributed by atoms with Gasteiger partial charge >= 0.3 is 0 Å². The van der Waals surface area contributed by atoms with Crippen LogP contribution < -0.4 is 9.47 Å². The SMILES string of the molecule is COc1ccccc1Oc1cnc(-c2ccncc2)nc1Cl. The maximum atomic E-state index is 6.19. The summed E-state index contributed by atoms with van der Waals surface area (Å²) in [5.41, 5.74) is 0.834. The molecule has 0 fully saturated rings. The Bertz CT molecular complexity index is 781. The third-order valence-electron chi connectivity index (χ3n) is 2.94. The van der Waals surface area contributed by atoms with Crippen LogP contribution >= 0.6 is 11.6 Å². The van der Waals surface area contributed by atoms with Gasteiger partial charge < -0.3 is 9.47 Å². The number of nitrogens with zero attached hydrogens (tertiary/aromatic N) is 3. The van der Waals surface area contributed by atoms with Gasteiger partial charge in [0.2, 0.25) is 0 Å². The van der Waals surface area contributed by atoms with E-state index in [1.807, 2.05) is 24.3 Å². The fourth-order valence-electron chi connectivity index (χ4n) is 1.88. The monoisotopic (exact) mass is 313 g/mol. The number of aromatic nitrogens is 3. The molecule has 0 aliphatic rings. The summed E-state index contributed by atoms with van der Waals surface area (Å²) < 4.78 is 11.0. The van der Waals surface area contributed by atoms with Gasteiger partial charge in [0.15, 0.2) is 28.2 Å². The number of rotatable bonds is 4. The average Bonchev–Trinajstić information content (AvgIpc) is 2.58. The Hall–Kier alpha value is -2.66. The van der Waals surface area contributed by atoms with Crippen molar-refractivity contribution in [3.05, 3.63) is 60.1 Å². The number of halogens is 1. The Balaban J connectivity index is 1.90. The molecule has 0 spiro atoms. The minimum Gasteiger partial charge on any atom is -0.493 e. The first-order valence-corrected chi connectivity index (χ1v) is 6.89.